The molecule has 98 valence electrons. The molecule has 0 atom stereocenters. The number of anilines is 1. The SMILES string of the molecule is Cc1ccc(N(C)C(=O)C2(CN)CC(C)C2)cc1. The molecular weight excluding hydrogens is 224 g/mol. The van der Waals surface area contributed by atoms with E-state index >= 15 is 0 Å². The van der Waals surface area contributed by atoms with Crippen molar-refractivity contribution in [2.24, 2.45) is 17.1 Å². The number of carbonyl (C=O) groups is 1. The standard InChI is InChI=1S/C15H22N2O/c1-11-4-6-13(7-5-11)17(3)14(18)15(10-16)8-12(2)9-15/h4-7,12H,8-10,16H2,1-3H3. The number of hydrogen-bond acceptors (Lipinski definition) is 2. The van der Waals surface area contributed by atoms with E-state index in [0.717, 1.165) is 18.5 Å². The fourth-order valence-corrected chi connectivity index (χ4v) is 2.94. The van der Waals surface area contributed by atoms with Crippen molar-refractivity contribution in [2.45, 2.75) is 26.7 Å². The van der Waals surface area contributed by atoms with Gasteiger partial charge in [-0.25, -0.2) is 0 Å². The molecule has 1 aliphatic rings. The summed E-state index contributed by atoms with van der Waals surface area (Å²) in [6.45, 7) is 4.67. The van der Waals surface area contributed by atoms with Crippen LogP contribution in [0, 0.1) is 18.3 Å². The Bertz CT molecular complexity index is 432. The van der Waals surface area contributed by atoms with Gasteiger partial charge >= 0.3 is 0 Å². The van der Waals surface area contributed by atoms with Crippen molar-refractivity contribution in [1.29, 1.82) is 0 Å². The molecule has 0 radical (unpaired) electrons. The molecular formula is C15H22N2O. The Kier molecular flexibility index (Phi) is 3.44. The molecule has 0 aliphatic heterocycles. The summed E-state index contributed by atoms with van der Waals surface area (Å²) in [6, 6.07) is 8.02. The number of aryl methyl sites for hydroxylation is 1. The minimum atomic E-state index is -0.320. The normalized spacial score (nSPS) is 26.6. The Morgan fingerprint density at radius 3 is 2.39 bits per heavy atom. The number of amides is 1. The van der Waals surface area contributed by atoms with Crippen molar-refractivity contribution < 1.29 is 4.79 Å². The monoisotopic (exact) mass is 246 g/mol. The average molecular weight is 246 g/mol. The molecule has 1 aromatic rings. The number of carbonyl (C=O) groups excluding carboxylic acids is 1. The van der Waals surface area contributed by atoms with Crippen LogP contribution in [0.3, 0.4) is 0 Å². The van der Waals surface area contributed by atoms with Crippen LogP contribution in [0.4, 0.5) is 5.69 Å². The lowest BCUT2D eigenvalue weighted by Gasteiger charge is -2.46. The smallest absolute Gasteiger partial charge is 0.234 e. The molecule has 1 amide bonds. The molecule has 2 rings (SSSR count). The Morgan fingerprint density at radius 2 is 1.94 bits per heavy atom. The molecule has 0 bridgehead atoms. The van der Waals surface area contributed by atoms with Gasteiger partial charge in [0.15, 0.2) is 0 Å². The van der Waals surface area contributed by atoms with Gasteiger partial charge in [0.05, 0.1) is 5.41 Å². The second-order valence-electron chi connectivity index (χ2n) is 5.70. The van der Waals surface area contributed by atoms with E-state index in [1.54, 1.807) is 4.90 Å². The Labute approximate surface area is 109 Å². The van der Waals surface area contributed by atoms with Crippen molar-refractivity contribution in [3.05, 3.63) is 29.8 Å². The zero-order chi connectivity index (χ0) is 13.3. The minimum Gasteiger partial charge on any atom is -0.329 e. The summed E-state index contributed by atoms with van der Waals surface area (Å²) in [5.41, 5.74) is 7.65. The summed E-state index contributed by atoms with van der Waals surface area (Å²) in [5.74, 6) is 0.774. The third-order valence-electron chi connectivity index (χ3n) is 4.05. The van der Waals surface area contributed by atoms with Gasteiger partial charge in [-0.05, 0) is 37.8 Å². The molecule has 1 saturated carbocycles. The van der Waals surface area contributed by atoms with Gasteiger partial charge in [0.2, 0.25) is 5.91 Å². The Morgan fingerprint density at radius 1 is 1.39 bits per heavy atom. The lowest BCUT2D eigenvalue weighted by Crippen LogP contribution is -2.54. The topological polar surface area (TPSA) is 46.3 Å². The number of rotatable bonds is 3. The first-order valence-electron chi connectivity index (χ1n) is 6.53. The van der Waals surface area contributed by atoms with Crippen LogP contribution < -0.4 is 10.6 Å². The fraction of sp³-hybridized carbons (Fsp3) is 0.533. The first-order chi connectivity index (χ1) is 8.48. The zero-order valence-corrected chi connectivity index (χ0v) is 11.4. The van der Waals surface area contributed by atoms with Gasteiger partial charge in [-0.1, -0.05) is 24.6 Å². The number of benzene rings is 1. The molecule has 2 N–H and O–H groups in total. The van der Waals surface area contributed by atoms with Crippen molar-refractivity contribution in [3.8, 4) is 0 Å². The molecule has 1 aliphatic carbocycles. The summed E-state index contributed by atoms with van der Waals surface area (Å²) in [7, 11) is 1.84. The van der Waals surface area contributed by atoms with Gasteiger partial charge < -0.3 is 10.6 Å². The van der Waals surface area contributed by atoms with Crippen LogP contribution in [0.1, 0.15) is 25.3 Å². The highest BCUT2D eigenvalue weighted by Crippen LogP contribution is 2.46. The number of nitrogens with two attached hydrogens (primary N) is 1. The summed E-state index contributed by atoms with van der Waals surface area (Å²) in [5, 5.41) is 0. The summed E-state index contributed by atoms with van der Waals surface area (Å²) in [6.07, 6.45) is 1.83. The number of hydrogen-bond donors (Lipinski definition) is 1. The predicted octanol–water partition coefficient (Wildman–Crippen LogP) is 2.33. The van der Waals surface area contributed by atoms with Gasteiger partial charge in [0.1, 0.15) is 0 Å². The van der Waals surface area contributed by atoms with Gasteiger partial charge in [-0.15, -0.1) is 0 Å². The van der Waals surface area contributed by atoms with Gasteiger partial charge in [-0.2, -0.15) is 0 Å². The maximum Gasteiger partial charge on any atom is 0.234 e. The van der Waals surface area contributed by atoms with E-state index in [1.165, 1.54) is 5.56 Å². The van der Waals surface area contributed by atoms with E-state index in [4.69, 9.17) is 5.73 Å². The maximum absolute atomic E-state index is 12.6. The third-order valence-corrected chi connectivity index (χ3v) is 4.05. The summed E-state index contributed by atoms with van der Waals surface area (Å²) in [4.78, 5) is 14.3. The van der Waals surface area contributed by atoms with Gasteiger partial charge in [0, 0.05) is 19.3 Å². The van der Waals surface area contributed by atoms with Crippen LogP contribution in [-0.2, 0) is 4.79 Å². The van der Waals surface area contributed by atoms with E-state index in [-0.39, 0.29) is 11.3 Å². The average Bonchev–Trinajstić information content (AvgIpc) is 2.34. The summed E-state index contributed by atoms with van der Waals surface area (Å²) >= 11 is 0. The van der Waals surface area contributed by atoms with E-state index in [9.17, 15) is 4.79 Å². The minimum absolute atomic E-state index is 0.159. The molecule has 1 aromatic carbocycles. The Balaban J connectivity index is 2.16. The Hall–Kier alpha value is -1.35. The van der Waals surface area contributed by atoms with Crippen LogP contribution in [-0.4, -0.2) is 19.5 Å². The fourth-order valence-electron chi connectivity index (χ4n) is 2.94. The molecule has 0 saturated heterocycles. The van der Waals surface area contributed by atoms with Crippen LogP contribution in [0.5, 0.6) is 0 Å². The van der Waals surface area contributed by atoms with E-state index in [1.807, 2.05) is 38.2 Å². The van der Waals surface area contributed by atoms with E-state index in [0.29, 0.717) is 12.5 Å². The van der Waals surface area contributed by atoms with Crippen LogP contribution in [0.25, 0.3) is 0 Å². The highest BCUT2D eigenvalue weighted by Gasteiger charge is 2.48. The van der Waals surface area contributed by atoms with Crippen molar-refractivity contribution in [1.82, 2.24) is 0 Å². The van der Waals surface area contributed by atoms with Crippen molar-refractivity contribution in [2.75, 3.05) is 18.5 Å². The first-order valence-corrected chi connectivity index (χ1v) is 6.53. The van der Waals surface area contributed by atoms with E-state index in [2.05, 4.69) is 6.92 Å². The van der Waals surface area contributed by atoms with Crippen molar-refractivity contribution in [3.63, 3.8) is 0 Å². The molecule has 3 nitrogen and oxygen atoms in total. The largest absolute Gasteiger partial charge is 0.329 e. The lowest BCUT2D eigenvalue weighted by molar-refractivity contribution is -0.134. The zero-order valence-electron chi connectivity index (χ0n) is 11.4. The molecule has 0 unspecified atom stereocenters. The van der Waals surface area contributed by atoms with Gasteiger partial charge in [-0.3, -0.25) is 4.79 Å². The maximum atomic E-state index is 12.6. The van der Waals surface area contributed by atoms with Crippen LogP contribution in [0.2, 0.25) is 0 Å². The highest BCUT2D eigenvalue weighted by atomic mass is 16.2. The highest BCUT2D eigenvalue weighted by molar-refractivity contribution is 5.98. The van der Waals surface area contributed by atoms with Crippen molar-refractivity contribution >= 4 is 11.6 Å². The van der Waals surface area contributed by atoms with E-state index < -0.39 is 0 Å². The van der Waals surface area contributed by atoms with Crippen LogP contribution >= 0.6 is 0 Å². The number of nitrogens with zero attached hydrogens (tertiary/aromatic N) is 1. The van der Waals surface area contributed by atoms with Gasteiger partial charge in [0.25, 0.3) is 0 Å². The molecule has 0 heterocycles. The van der Waals surface area contributed by atoms with Crippen LogP contribution in [0.15, 0.2) is 24.3 Å². The lowest BCUT2D eigenvalue weighted by atomic mass is 9.62. The predicted molar refractivity (Wildman–Crippen MR) is 74.5 cm³/mol. The molecule has 0 aromatic heterocycles. The molecule has 3 heteroatoms. The molecule has 18 heavy (non-hydrogen) atoms. The first kappa shape index (κ1) is 13.1. The second kappa shape index (κ2) is 4.73. The summed E-state index contributed by atoms with van der Waals surface area (Å²) < 4.78 is 0. The third kappa shape index (κ3) is 2.15. The quantitative estimate of drug-likeness (QED) is 0.889. The second-order valence-corrected chi connectivity index (χ2v) is 5.70. The molecule has 0 spiro atoms. The molecule has 1 fully saturated rings.